The zero-order chi connectivity index (χ0) is 18.1. The van der Waals surface area contributed by atoms with E-state index in [-0.39, 0.29) is 30.3 Å². The van der Waals surface area contributed by atoms with E-state index in [0.29, 0.717) is 6.42 Å². The second-order valence-corrected chi connectivity index (χ2v) is 6.64. The number of hydrogen-bond acceptors (Lipinski definition) is 2. The molecule has 0 aliphatic heterocycles. The maximum absolute atomic E-state index is 12.9. The van der Waals surface area contributed by atoms with E-state index < -0.39 is 6.04 Å². The van der Waals surface area contributed by atoms with Crippen molar-refractivity contribution in [3.8, 4) is 0 Å². The van der Waals surface area contributed by atoms with Crippen molar-refractivity contribution >= 4 is 11.9 Å². The molecule has 5 nitrogen and oxygen atoms in total. The van der Waals surface area contributed by atoms with Crippen LogP contribution in [0.2, 0.25) is 0 Å². The first-order chi connectivity index (χ1) is 12.1. The molecule has 2 rings (SSSR count). The smallest absolute Gasteiger partial charge is 0.315 e. The normalized spacial score (nSPS) is 16.1. The van der Waals surface area contributed by atoms with E-state index in [1.165, 1.54) is 18.6 Å². The summed E-state index contributed by atoms with van der Waals surface area (Å²) in [5.41, 5.74) is 0.801. The van der Waals surface area contributed by atoms with Gasteiger partial charge in [0.25, 0.3) is 0 Å². The highest BCUT2D eigenvalue weighted by Gasteiger charge is 2.23. The molecule has 3 N–H and O–H groups in total. The van der Waals surface area contributed by atoms with E-state index in [0.717, 1.165) is 37.7 Å². The highest BCUT2D eigenvalue weighted by molar-refractivity contribution is 5.87. The number of nitrogens with one attached hydrogen (secondary N) is 3. The first kappa shape index (κ1) is 19.2. The highest BCUT2D eigenvalue weighted by Crippen LogP contribution is 2.17. The Morgan fingerprint density at radius 2 is 1.84 bits per heavy atom. The SMILES string of the molecule is CCC[C@@H](NC(=O)NCc1ccc(F)cc1)C(=O)NC1CCCCC1. The van der Waals surface area contributed by atoms with Crippen molar-refractivity contribution in [2.24, 2.45) is 0 Å². The fourth-order valence-corrected chi connectivity index (χ4v) is 3.10. The minimum atomic E-state index is -0.528. The van der Waals surface area contributed by atoms with E-state index in [1.54, 1.807) is 12.1 Å². The maximum atomic E-state index is 12.9. The summed E-state index contributed by atoms with van der Waals surface area (Å²) in [7, 11) is 0. The van der Waals surface area contributed by atoms with Crippen molar-refractivity contribution in [1.82, 2.24) is 16.0 Å². The molecule has 0 unspecified atom stereocenters. The van der Waals surface area contributed by atoms with Crippen molar-refractivity contribution in [2.75, 3.05) is 0 Å². The van der Waals surface area contributed by atoms with E-state index in [4.69, 9.17) is 0 Å². The van der Waals surface area contributed by atoms with Gasteiger partial charge < -0.3 is 16.0 Å². The largest absolute Gasteiger partial charge is 0.352 e. The van der Waals surface area contributed by atoms with Crippen molar-refractivity contribution in [3.05, 3.63) is 35.6 Å². The molecule has 0 aromatic heterocycles. The monoisotopic (exact) mass is 349 g/mol. The third-order valence-corrected chi connectivity index (χ3v) is 4.52. The summed E-state index contributed by atoms with van der Waals surface area (Å²) in [6.07, 6.45) is 6.96. The molecule has 1 aliphatic rings. The Balaban J connectivity index is 1.80. The van der Waals surface area contributed by atoms with Gasteiger partial charge in [-0.15, -0.1) is 0 Å². The Bertz CT molecular complexity index is 556. The van der Waals surface area contributed by atoms with Gasteiger partial charge in [0.2, 0.25) is 5.91 Å². The number of carbonyl (C=O) groups is 2. The molecule has 1 atom stereocenters. The molecule has 138 valence electrons. The number of halogens is 1. The molecule has 6 heteroatoms. The van der Waals surface area contributed by atoms with Crippen molar-refractivity contribution < 1.29 is 14.0 Å². The Kier molecular flexibility index (Phi) is 7.70. The molecular weight excluding hydrogens is 321 g/mol. The average Bonchev–Trinajstić information content (AvgIpc) is 2.62. The van der Waals surface area contributed by atoms with Crippen LogP contribution in [0.1, 0.15) is 57.4 Å². The number of amides is 3. The zero-order valence-corrected chi connectivity index (χ0v) is 14.8. The van der Waals surface area contributed by atoms with Crippen LogP contribution < -0.4 is 16.0 Å². The lowest BCUT2D eigenvalue weighted by atomic mass is 9.95. The second-order valence-electron chi connectivity index (χ2n) is 6.64. The number of rotatable bonds is 7. The molecule has 0 radical (unpaired) electrons. The van der Waals surface area contributed by atoms with Crippen LogP contribution in [0.25, 0.3) is 0 Å². The molecular formula is C19H28FN3O2. The number of urea groups is 1. The van der Waals surface area contributed by atoms with Gasteiger partial charge in [-0.2, -0.15) is 0 Å². The molecule has 0 heterocycles. The van der Waals surface area contributed by atoms with Crippen LogP contribution in [0.15, 0.2) is 24.3 Å². The van der Waals surface area contributed by atoms with Crippen molar-refractivity contribution in [3.63, 3.8) is 0 Å². The molecule has 25 heavy (non-hydrogen) atoms. The summed E-state index contributed by atoms with van der Waals surface area (Å²) >= 11 is 0. The van der Waals surface area contributed by atoms with Gasteiger partial charge in [-0.25, -0.2) is 9.18 Å². The van der Waals surface area contributed by atoms with Gasteiger partial charge in [0.1, 0.15) is 11.9 Å². The topological polar surface area (TPSA) is 70.2 Å². The van der Waals surface area contributed by atoms with Gasteiger partial charge in [-0.3, -0.25) is 4.79 Å². The molecule has 3 amide bonds. The van der Waals surface area contributed by atoms with Crippen LogP contribution in [-0.4, -0.2) is 24.0 Å². The maximum Gasteiger partial charge on any atom is 0.315 e. The van der Waals surface area contributed by atoms with Gasteiger partial charge in [0, 0.05) is 12.6 Å². The standard InChI is InChI=1S/C19H28FN3O2/c1-2-6-17(18(24)22-16-7-4-3-5-8-16)23-19(25)21-13-14-9-11-15(20)12-10-14/h9-12,16-17H,2-8,13H2,1H3,(H,22,24)(H2,21,23,25)/t17-/m1/s1. The minimum Gasteiger partial charge on any atom is -0.352 e. The lowest BCUT2D eigenvalue weighted by Gasteiger charge is -2.26. The lowest BCUT2D eigenvalue weighted by molar-refractivity contribution is -0.124. The van der Waals surface area contributed by atoms with Crippen molar-refractivity contribution in [1.29, 1.82) is 0 Å². The summed E-state index contributed by atoms with van der Waals surface area (Å²) in [6, 6.07) is 5.26. The fraction of sp³-hybridized carbons (Fsp3) is 0.579. The predicted octanol–water partition coefficient (Wildman–Crippen LogP) is 3.24. The first-order valence-electron chi connectivity index (χ1n) is 9.17. The van der Waals surface area contributed by atoms with Crippen LogP contribution in [0.4, 0.5) is 9.18 Å². The first-order valence-corrected chi connectivity index (χ1v) is 9.17. The fourth-order valence-electron chi connectivity index (χ4n) is 3.10. The highest BCUT2D eigenvalue weighted by atomic mass is 19.1. The van der Waals surface area contributed by atoms with Gasteiger partial charge >= 0.3 is 6.03 Å². The van der Waals surface area contributed by atoms with E-state index >= 15 is 0 Å². The summed E-state index contributed by atoms with van der Waals surface area (Å²) < 4.78 is 12.9. The molecule has 1 aromatic carbocycles. The zero-order valence-electron chi connectivity index (χ0n) is 14.8. The van der Waals surface area contributed by atoms with Crippen LogP contribution in [0, 0.1) is 5.82 Å². The quantitative estimate of drug-likeness (QED) is 0.707. The minimum absolute atomic E-state index is 0.106. The van der Waals surface area contributed by atoms with Gasteiger partial charge in [-0.1, -0.05) is 44.7 Å². The molecule has 1 aromatic rings. The third-order valence-electron chi connectivity index (χ3n) is 4.52. The van der Waals surface area contributed by atoms with E-state index in [2.05, 4.69) is 16.0 Å². The number of carbonyl (C=O) groups excluding carboxylic acids is 2. The second kappa shape index (κ2) is 10.0. The Labute approximate surface area is 148 Å². The van der Waals surface area contributed by atoms with Crippen LogP contribution in [0.5, 0.6) is 0 Å². The summed E-state index contributed by atoms with van der Waals surface area (Å²) in [6.45, 7) is 2.27. The summed E-state index contributed by atoms with van der Waals surface area (Å²) in [4.78, 5) is 24.5. The lowest BCUT2D eigenvalue weighted by Crippen LogP contribution is -2.52. The number of benzene rings is 1. The predicted molar refractivity (Wildman–Crippen MR) is 95.5 cm³/mol. The Morgan fingerprint density at radius 1 is 1.16 bits per heavy atom. The summed E-state index contributed by atoms with van der Waals surface area (Å²) in [5, 5.41) is 8.53. The third kappa shape index (κ3) is 6.72. The molecule has 1 saturated carbocycles. The van der Waals surface area contributed by atoms with E-state index in [1.807, 2.05) is 6.92 Å². The molecule has 1 aliphatic carbocycles. The molecule has 0 spiro atoms. The van der Waals surface area contributed by atoms with E-state index in [9.17, 15) is 14.0 Å². The summed E-state index contributed by atoms with van der Waals surface area (Å²) in [5.74, 6) is -0.415. The Morgan fingerprint density at radius 3 is 2.48 bits per heavy atom. The van der Waals surface area contributed by atoms with Crippen LogP contribution >= 0.6 is 0 Å². The molecule has 0 bridgehead atoms. The number of hydrogen-bond donors (Lipinski definition) is 3. The van der Waals surface area contributed by atoms with Gasteiger partial charge in [0.15, 0.2) is 0 Å². The van der Waals surface area contributed by atoms with Gasteiger partial charge in [0.05, 0.1) is 0 Å². The van der Waals surface area contributed by atoms with Crippen LogP contribution in [0.3, 0.4) is 0 Å². The molecule has 1 fully saturated rings. The average molecular weight is 349 g/mol. The van der Waals surface area contributed by atoms with Crippen LogP contribution in [-0.2, 0) is 11.3 Å². The molecule has 0 saturated heterocycles. The van der Waals surface area contributed by atoms with Crippen molar-refractivity contribution in [2.45, 2.75) is 70.5 Å². The van der Waals surface area contributed by atoms with Gasteiger partial charge in [-0.05, 0) is 37.0 Å². The Hall–Kier alpha value is -2.11.